The molecular weight excluding hydrogens is 248 g/mol. The van der Waals surface area contributed by atoms with Crippen molar-refractivity contribution in [2.24, 2.45) is 0 Å². The van der Waals surface area contributed by atoms with Crippen molar-refractivity contribution in [2.75, 3.05) is 4.90 Å². The third-order valence-electron chi connectivity index (χ3n) is 3.80. The number of carbonyl (C=O) groups is 1. The van der Waals surface area contributed by atoms with E-state index in [1.54, 1.807) is 6.20 Å². The first-order chi connectivity index (χ1) is 9.75. The molecule has 20 heavy (non-hydrogen) atoms. The highest BCUT2D eigenvalue weighted by molar-refractivity contribution is 5.96. The van der Waals surface area contributed by atoms with Crippen LogP contribution in [0.5, 0.6) is 0 Å². The maximum Gasteiger partial charge on any atom is 0.227 e. The number of para-hydroxylation sites is 1. The van der Waals surface area contributed by atoms with Crippen molar-refractivity contribution >= 4 is 11.6 Å². The van der Waals surface area contributed by atoms with E-state index in [1.165, 1.54) is 5.56 Å². The van der Waals surface area contributed by atoms with Gasteiger partial charge in [0.15, 0.2) is 0 Å². The molecule has 102 valence electrons. The van der Waals surface area contributed by atoms with Crippen molar-refractivity contribution in [3.8, 4) is 0 Å². The van der Waals surface area contributed by atoms with Gasteiger partial charge in [-0.1, -0.05) is 24.3 Å². The van der Waals surface area contributed by atoms with Crippen LogP contribution in [0.3, 0.4) is 0 Å². The maximum atomic E-state index is 12.5. The third-order valence-corrected chi connectivity index (χ3v) is 3.80. The van der Waals surface area contributed by atoms with Crippen molar-refractivity contribution in [3.63, 3.8) is 0 Å². The van der Waals surface area contributed by atoms with E-state index in [1.807, 2.05) is 41.3 Å². The summed E-state index contributed by atoms with van der Waals surface area (Å²) in [7, 11) is 0. The van der Waals surface area contributed by atoms with Gasteiger partial charge in [0.1, 0.15) is 0 Å². The lowest BCUT2D eigenvalue weighted by Crippen LogP contribution is -2.35. The Kier molecular flexibility index (Phi) is 3.50. The Bertz CT molecular complexity index is 609. The van der Waals surface area contributed by atoms with Crippen LogP contribution in [0.15, 0.2) is 48.7 Å². The van der Waals surface area contributed by atoms with Gasteiger partial charge in [0.2, 0.25) is 5.91 Å². The molecule has 1 atom stereocenters. The minimum absolute atomic E-state index is 0.188. The minimum Gasteiger partial charge on any atom is -0.309 e. The fourth-order valence-electron chi connectivity index (χ4n) is 2.85. The molecule has 0 fully saturated rings. The molecule has 3 heteroatoms. The molecule has 3 rings (SSSR count). The van der Waals surface area contributed by atoms with Crippen molar-refractivity contribution in [3.05, 3.63) is 59.9 Å². The zero-order valence-corrected chi connectivity index (χ0v) is 11.6. The Morgan fingerprint density at radius 1 is 1.25 bits per heavy atom. The summed E-state index contributed by atoms with van der Waals surface area (Å²) in [4.78, 5) is 18.7. The molecule has 1 aliphatic heterocycles. The van der Waals surface area contributed by atoms with E-state index in [-0.39, 0.29) is 11.9 Å². The van der Waals surface area contributed by atoms with E-state index in [2.05, 4.69) is 18.0 Å². The predicted molar refractivity (Wildman–Crippen MR) is 79.7 cm³/mol. The third kappa shape index (κ3) is 2.44. The number of hydrogen-bond acceptors (Lipinski definition) is 2. The number of amides is 1. The first kappa shape index (κ1) is 12.9. The van der Waals surface area contributed by atoms with E-state index in [9.17, 15) is 4.79 Å². The SMILES string of the molecule is CC1Cc2ccccc2N1C(=O)CCc1ccccn1. The summed E-state index contributed by atoms with van der Waals surface area (Å²) in [5.41, 5.74) is 3.32. The van der Waals surface area contributed by atoms with Crippen molar-refractivity contribution < 1.29 is 4.79 Å². The van der Waals surface area contributed by atoms with Gasteiger partial charge in [-0.15, -0.1) is 0 Å². The Morgan fingerprint density at radius 2 is 2.05 bits per heavy atom. The fourth-order valence-corrected chi connectivity index (χ4v) is 2.85. The molecule has 0 aliphatic carbocycles. The molecule has 1 amide bonds. The molecule has 0 N–H and O–H groups in total. The van der Waals surface area contributed by atoms with E-state index >= 15 is 0 Å². The van der Waals surface area contributed by atoms with E-state index in [0.29, 0.717) is 12.8 Å². The molecular formula is C17H18N2O. The molecule has 1 aromatic carbocycles. The average Bonchev–Trinajstić information content (AvgIpc) is 2.82. The smallest absolute Gasteiger partial charge is 0.227 e. The highest BCUT2D eigenvalue weighted by Crippen LogP contribution is 2.32. The number of rotatable bonds is 3. The molecule has 0 saturated carbocycles. The quantitative estimate of drug-likeness (QED) is 0.855. The first-order valence-electron chi connectivity index (χ1n) is 7.05. The second kappa shape index (κ2) is 5.45. The summed E-state index contributed by atoms with van der Waals surface area (Å²) in [5, 5.41) is 0. The van der Waals surface area contributed by atoms with Crippen LogP contribution in [0.2, 0.25) is 0 Å². The van der Waals surface area contributed by atoms with Gasteiger partial charge in [-0.3, -0.25) is 9.78 Å². The number of carbonyl (C=O) groups excluding carboxylic acids is 1. The van der Waals surface area contributed by atoms with Crippen molar-refractivity contribution in [1.29, 1.82) is 0 Å². The number of aryl methyl sites for hydroxylation is 1. The zero-order valence-electron chi connectivity index (χ0n) is 11.6. The lowest BCUT2D eigenvalue weighted by molar-refractivity contribution is -0.118. The molecule has 2 aromatic rings. The van der Waals surface area contributed by atoms with Gasteiger partial charge in [0, 0.05) is 30.0 Å². The minimum atomic E-state index is 0.188. The van der Waals surface area contributed by atoms with Gasteiger partial charge in [-0.25, -0.2) is 0 Å². The maximum absolute atomic E-state index is 12.5. The average molecular weight is 266 g/mol. The molecule has 0 bridgehead atoms. The largest absolute Gasteiger partial charge is 0.309 e. The molecule has 3 nitrogen and oxygen atoms in total. The van der Waals surface area contributed by atoms with Gasteiger partial charge in [0.25, 0.3) is 0 Å². The normalized spacial score (nSPS) is 17.1. The fraction of sp³-hybridized carbons (Fsp3) is 0.294. The van der Waals surface area contributed by atoms with Crippen molar-refractivity contribution in [2.45, 2.75) is 32.2 Å². The predicted octanol–water partition coefficient (Wildman–Crippen LogP) is 2.99. The molecule has 2 heterocycles. The van der Waals surface area contributed by atoms with E-state index in [0.717, 1.165) is 17.8 Å². The number of benzene rings is 1. The molecule has 0 spiro atoms. The Morgan fingerprint density at radius 3 is 2.85 bits per heavy atom. The summed E-state index contributed by atoms with van der Waals surface area (Å²) < 4.78 is 0. The van der Waals surface area contributed by atoms with Crippen LogP contribution in [0.1, 0.15) is 24.6 Å². The zero-order chi connectivity index (χ0) is 13.9. The highest BCUT2D eigenvalue weighted by atomic mass is 16.2. The van der Waals surface area contributed by atoms with Crippen molar-refractivity contribution in [1.82, 2.24) is 4.98 Å². The lowest BCUT2D eigenvalue weighted by atomic mass is 10.1. The number of anilines is 1. The number of aromatic nitrogens is 1. The van der Waals surface area contributed by atoms with Crippen LogP contribution >= 0.6 is 0 Å². The summed E-state index contributed by atoms with van der Waals surface area (Å²) in [6, 6.07) is 14.3. The van der Waals surface area contributed by atoms with E-state index < -0.39 is 0 Å². The summed E-state index contributed by atoms with van der Waals surface area (Å²) in [6.07, 6.45) is 3.93. The van der Waals surface area contributed by atoms with Crippen LogP contribution in [0.4, 0.5) is 5.69 Å². The number of hydrogen-bond donors (Lipinski definition) is 0. The summed E-state index contributed by atoms with van der Waals surface area (Å²) in [6.45, 7) is 2.11. The first-order valence-corrected chi connectivity index (χ1v) is 7.05. The van der Waals surface area contributed by atoms with Crippen LogP contribution in [-0.2, 0) is 17.6 Å². The van der Waals surface area contributed by atoms with Crippen LogP contribution in [-0.4, -0.2) is 16.9 Å². The van der Waals surface area contributed by atoms with Gasteiger partial charge in [0.05, 0.1) is 0 Å². The van der Waals surface area contributed by atoms with Crippen LogP contribution < -0.4 is 4.90 Å². The summed E-state index contributed by atoms with van der Waals surface area (Å²) in [5.74, 6) is 0.188. The number of fused-ring (bicyclic) bond motifs is 1. The second-order valence-corrected chi connectivity index (χ2v) is 5.27. The standard InChI is InChI=1S/C17H18N2O/c1-13-12-14-6-2-3-8-16(14)19(13)17(20)10-9-15-7-4-5-11-18-15/h2-8,11,13H,9-10,12H2,1H3. The Labute approximate surface area is 119 Å². The molecule has 1 unspecified atom stereocenters. The summed E-state index contributed by atoms with van der Waals surface area (Å²) >= 11 is 0. The molecule has 1 aromatic heterocycles. The number of pyridine rings is 1. The molecule has 0 saturated heterocycles. The van der Waals surface area contributed by atoms with Crippen LogP contribution in [0, 0.1) is 0 Å². The Balaban J connectivity index is 1.71. The van der Waals surface area contributed by atoms with Gasteiger partial charge in [-0.2, -0.15) is 0 Å². The monoisotopic (exact) mass is 266 g/mol. The van der Waals surface area contributed by atoms with Crippen LogP contribution in [0.25, 0.3) is 0 Å². The van der Waals surface area contributed by atoms with Gasteiger partial charge < -0.3 is 4.90 Å². The lowest BCUT2D eigenvalue weighted by Gasteiger charge is -2.22. The van der Waals surface area contributed by atoms with E-state index in [4.69, 9.17) is 0 Å². The topological polar surface area (TPSA) is 33.2 Å². The molecule has 0 radical (unpaired) electrons. The van der Waals surface area contributed by atoms with Gasteiger partial charge in [-0.05, 0) is 43.5 Å². The highest BCUT2D eigenvalue weighted by Gasteiger charge is 2.29. The number of nitrogens with zero attached hydrogens (tertiary/aromatic N) is 2. The Hall–Kier alpha value is -2.16. The second-order valence-electron chi connectivity index (χ2n) is 5.27. The molecule has 1 aliphatic rings. The van der Waals surface area contributed by atoms with Gasteiger partial charge >= 0.3 is 0 Å².